The third-order valence-electron chi connectivity index (χ3n) is 1.92. The van der Waals surface area contributed by atoms with Gasteiger partial charge >= 0.3 is 5.97 Å². The Morgan fingerprint density at radius 1 is 1.47 bits per heavy atom. The second-order valence-electron chi connectivity index (χ2n) is 4.76. The number of esters is 1. The zero-order valence-electron chi connectivity index (χ0n) is 10.6. The lowest BCUT2D eigenvalue weighted by molar-refractivity contribution is -0.156. The van der Waals surface area contributed by atoms with E-state index in [1.807, 2.05) is 0 Å². The van der Waals surface area contributed by atoms with E-state index in [-0.39, 0.29) is 12.5 Å². The van der Waals surface area contributed by atoms with E-state index in [4.69, 9.17) is 11.2 Å². The largest absolute Gasteiger partial charge is 0.462 e. The minimum Gasteiger partial charge on any atom is -0.462 e. The van der Waals surface area contributed by atoms with Gasteiger partial charge in [-0.1, -0.05) is 5.92 Å². The number of carbonyl (C=O) groups excluding carboxylic acids is 2. The lowest BCUT2D eigenvalue weighted by Gasteiger charge is -2.21. The van der Waals surface area contributed by atoms with Crippen molar-refractivity contribution in [1.82, 2.24) is 5.32 Å². The van der Waals surface area contributed by atoms with E-state index in [0.717, 1.165) is 0 Å². The number of terminal acetylenes is 1. The van der Waals surface area contributed by atoms with Gasteiger partial charge in [0.05, 0.1) is 5.41 Å². The second-order valence-corrected chi connectivity index (χ2v) is 4.76. The van der Waals surface area contributed by atoms with E-state index in [9.17, 15) is 14.7 Å². The maximum atomic E-state index is 11.4. The molecular weight excluding hydrogens is 222 g/mol. The molecule has 2 atom stereocenters. The third kappa shape index (κ3) is 5.93. The van der Waals surface area contributed by atoms with Crippen molar-refractivity contribution in [2.24, 2.45) is 5.41 Å². The van der Waals surface area contributed by atoms with E-state index >= 15 is 0 Å². The fourth-order valence-electron chi connectivity index (χ4n) is 0.942. The summed E-state index contributed by atoms with van der Waals surface area (Å²) in [6.07, 6.45) is 4.03. The van der Waals surface area contributed by atoms with Crippen LogP contribution in [0.25, 0.3) is 0 Å². The number of rotatable bonds is 4. The van der Waals surface area contributed by atoms with Gasteiger partial charge in [0.2, 0.25) is 5.91 Å². The van der Waals surface area contributed by atoms with Gasteiger partial charge in [0.25, 0.3) is 0 Å². The van der Waals surface area contributed by atoms with Crippen LogP contribution in [-0.2, 0) is 14.3 Å². The van der Waals surface area contributed by atoms with Crippen LogP contribution in [0.2, 0.25) is 0 Å². The standard InChI is InChI=1S/C12H19NO4/c1-6-9(13-8(2)14)10(15)7-17-11(16)12(3,4)5/h1,9-10,15H,7H2,2-5H3,(H,13,14)/t9-,10+/m0/s1. The van der Waals surface area contributed by atoms with E-state index < -0.39 is 23.5 Å². The van der Waals surface area contributed by atoms with Crippen molar-refractivity contribution in [1.29, 1.82) is 0 Å². The first-order valence-electron chi connectivity index (χ1n) is 5.27. The Morgan fingerprint density at radius 2 is 2.00 bits per heavy atom. The molecule has 0 fully saturated rings. The summed E-state index contributed by atoms with van der Waals surface area (Å²) in [7, 11) is 0. The molecule has 0 bridgehead atoms. The number of carbonyl (C=O) groups is 2. The highest BCUT2D eigenvalue weighted by molar-refractivity contribution is 5.75. The van der Waals surface area contributed by atoms with Crippen molar-refractivity contribution < 1.29 is 19.4 Å². The maximum absolute atomic E-state index is 11.4. The Morgan fingerprint density at radius 3 is 2.35 bits per heavy atom. The average molecular weight is 241 g/mol. The van der Waals surface area contributed by atoms with Gasteiger partial charge in [-0.25, -0.2) is 0 Å². The van der Waals surface area contributed by atoms with Crippen LogP contribution in [0.1, 0.15) is 27.7 Å². The predicted molar refractivity (Wildman–Crippen MR) is 62.9 cm³/mol. The minimum absolute atomic E-state index is 0.245. The van der Waals surface area contributed by atoms with E-state index in [1.54, 1.807) is 20.8 Å². The lowest BCUT2D eigenvalue weighted by atomic mass is 9.97. The number of amides is 1. The Labute approximate surface area is 102 Å². The molecule has 0 aliphatic rings. The highest BCUT2D eigenvalue weighted by Crippen LogP contribution is 2.15. The predicted octanol–water partition coefficient (Wildman–Crippen LogP) is 0.0745. The molecule has 96 valence electrons. The number of hydrogen-bond donors (Lipinski definition) is 2. The van der Waals surface area contributed by atoms with E-state index in [1.165, 1.54) is 6.92 Å². The molecule has 0 saturated carbocycles. The minimum atomic E-state index is -1.12. The molecule has 0 unspecified atom stereocenters. The first kappa shape index (κ1) is 15.5. The fourth-order valence-corrected chi connectivity index (χ4v) is 0.942. The summed E-state index contributed by atoms with van der Waals surface area (Å²) in [6.45, 7) is 6.15. The molecule has 1 amide bonds. The van der Waals surface area contributed by atoms with Crippen LogP contribution in [0.5, 0.6) is 0 Å². The molecule has 5 heteroatoms. The summed E-state index contributed by atoms with van der Waals surface area (Å²) in [4.78, 5) is 22.2. The van der Waals surface area contributed by atoms with Crippen LogP contribution in [0.3, 0.4) is 0 Å². The second kappa shape index (κ2) is 6.26. The molecule has 0 aromatic heterocycles. The Bertz CT molecular complexity index is 324. The molecule has 0 radical (unpaired) electrons. The van der Waals surface area contributed by atoms with Crippen molar-refractivity contribution in [3.8, 4) is 12.3 Å². The van der Waals surface area contributed by atoms with Gasteiger partial charge in [-0.15, -0.1) is 6.42 Å². The van der Waals surface area contributed by atoms with Gasteiger partial charge in [-0.3, -0.25) is 9.59 Å². The molecule has 0 spiro atoms. The van der Waals surface area contributed by atoms with Crippen LogP contribution in [0.15, 0.2) is 0 Å². The SMILES string of the molecule is C#C[C@H](NC(C)=O)[C@H](O)COC(=O)C(C)(C)C. The van der Waals surface area contributed by atoms with Gasteiger partial charge < -0.3 is 15.2 Å². The number of ether oxygens (including phenoxy) is 1. The molecule has 0 aromatic rings. The molecule has 0 aliphatic carbocycles. The normalized spacial score (nSPS) is 14.4. The van der Waals surface area contributed by atoms with Gasteiger partial charge in [0.1, 0.15) is 18.8 Å². The van der Waals surface area contributed by atoms with Crippen molar-refractivity contribution in [2.45, 2.75) is 39.8 Å². The maximum Gasteiger partial charge on any atom is 0.311 e. The van der Waals surface area contributed by atoms with Crippen LogP contribution in [0.4, 0.5) is 0 Å². The number of aliphatic hydroxyl groups excluding tert-OH is 1. The average Bonchev–Trinajstić information content (AvgIpc) is 2.20. The highest BCUT2D eigenvalue weighted by Gasteiger charge is 2.25. The van der Waals surface area contributed by atoms with E-state index in [0.29, 0.717) is 0 Å². The highest BCUT2D eigenvalue weighted by atomic mass is 16.5. The van der Waals surface area contributed by atoms with Crippen molar-refractivity contribution in [3.05, 3.63) is 0 Å². The van der Waals surface area contributed by atoms with Gasteiger partial charge in [0.15, 0.2) is 0 Å². The zero-order valence-corrected chi connectivity index (χ0v) is 10.6. The summed E-state index contributed by atoms with van der Waals surface area (Å²) in [5, 5.41) is 12.0. The quantitative estimate of drug-likeness (QED) is 0.539. The topological polar surface area (TPSA) is 75.6 Å². The smallest absolute Gasteiger partial charge is 0.311 e. The Hall–Kier alpha value is -1.54. The van der Waals surface area contributed by atoms with Gasteiger partial charge in [-0.05, 0) is 20.8 Å². The Kier molecular flexibility index (Phi) is 5.69. The molecule has 0 saturated heterocycles. The molecule has 0 aliphatic heterocycles. The van der Waals surface area contributed by atoms with Gasteiger partial charge in [0, 0.05) is 6.92 Å². The lowest BCUT2D eigenvalue weighted by Crippen LogP contribution is -2.44. The third-order valence-corrected chi connectivity index (χ3v) is 1.92. The van der Waals surface area contributed by atoms with Crippen molar-refractivity contribution >= 4 is 11.9 Å². The van der Waals surface area contributed by atoms with Crippen LogP contribution >= 0.6 is 0 Å². The molecular formula is C12H19NO4. The molecule has 0 heterocycles. The molecule has 0 rings (SSSR count). The van der Waals surface area contributed by atoms with E-state index in [2.05, 4.69) is 11.2 Å². The molecule has 2 N–H and O–H groups in total. The van der Waals surface area contributed by atoms with Crippen LogP contribution < -0.4 is 5.32 Å². The molecule has 17 heavy (non-hydrogen) atoms. The first-order valence-corrected chi connectivity index (χ1v) is 5.27. The van der Waals surface area contributed by atoms with Crippen molar-refractivity contribution in [3.63, 3.8) is 0 Å². The summed E-state index contributed by atoms with van der Waals surface area (Å²) in [5.74, 6) is 1.43. The summed E-state index contributed by atoms with van der Waals surface area (Å²) in [6, 6.07) is -0.861. The summed E-state index contributed by atoms with van der Waals surface area (Å²) in [5.41, 5.74) is -0.640. The van der Waals surface area contributed by atoms with Gasteiger partial charge in [-0.2, -0.15) is 0 Å². The number of nitrogens with one attached hydrogen (secondary N) is 1. The number of aliphatic hydroxyl groups is 1. The summed E-state index contributed by atoms with van der Waals surface area (Å²) >= 11 is 0. The van der Waals surface area contributed by atoms with Crippen LogP contribution in [0, 0.1) is 17.8 Å². The monoisotopic (exact) mass is 241 g/mol. The first-order chi connectivity index (χ1) is 7.68. The molecule has 0 aromatic carbocycles. The molecule has 5 nitrogen and oxygen atoms in total. The zero-order chi connectivity index (χ0) is 13.6. The van der Waals surface area contributed by atoms with Crippen LogP contribution in [-0.4, -0.2) is 35.7 Å². The number of hydrogen-bond acceptors (Lipinski definition) is 4. The summed E-state index contributed by atoms with van der Waals surface area (Å²) < 4.78 is 4.90. The van der Waals surface area contributed by atoms with Crippen molar-refractivity contribution in [2.75, 3.05) is 6.61 Å². The fraction of sp³-hybridized carbons (Fsp3) is 0.667. The Balaban J connectivity index is 4.26.